The van der Waals surface area contributed by atoms with E-state index in [0.29, 0.717) is 0 Å². The van der Waals surface area contributed by atoms with Gasteiger partial charge in [0.25, 0.3) is 0 Å². The largest absolute Gasteiger partial charge is 0.508 e. The van der Waals surface area contributed by atoms with Gasteiger partial charge in [0.05, 0.1) is 0 Å². The minimum Gasteiger partial charge on any atom is -0.508 e. The van der Waals surface area contributed by atoms with Gasteiger partial charge in [-0.15, -0.1) is 12.4 Å². The molecule has 1 amide bonds. The molecule has 1 heterocycles. The molecule has 1 aliphatic heterocycles. The molecule has 1 atom stereocenters. The Hall–Kier alpha value is -1.76. The summed E-state index contributed by atoms with van der Waals surface area (Å²) in [6, 6.07) is 1.46. The smallest absolute Gasteiger partial charge is 0.408 e. The highest BCUT2D eigenvalue weighted by Gasteiger charge is 2.47. The van der Waals surface area contributed by atoms with Crippen LogP contribution in [0.3, 0.4) is 0 Å². The monoisotopic (exact) mass is 281 g/mol. The predicted octanol–water partition coefficient (Wildman–Crippen LogP) is 1.94. The molecule has 18 heavy (non-hydrogen) atoms. The van der Waals surface area contributed by atoms with Gasteiger partial charge in [0.1, 0.15) is 17.5 Å². The molecule has 1 aromatic carbocycles. The standard InChI is InChI=1S/C10H9F2NO4.ClH/c11-10(12)4-17-9(16)13-8(10)5-1-6(14)3-7(15)2-5;/h1-3,8,14-15H,4H2,(H,13,16);1H/t8-;/m1./s1. The number of cyclic esters (lactones) is 1. The first-order chi connectivity index (χ1) is 7.88. The van der Waals surface area contributed by atoms with Gasteiger partial charge < -0.3 is 20.3 Å². The van der Waals surface area contributed by atoms with E-state index in [0.717, 1.165) is 18.2 Å². The van der Waals surface area contributed by atoms with E-state index >= 15 is 0 Å². The van der Waals surface area contributed by atoms with E-state index in [4.69, 9.17) is 0 Å². The van der Waals surface area contributed by atoms with Crippen molar-refractivity contribution in [2.45, 2.75) is 12.0 Å². The molecule has 1 fully saturated rings. The van der Waals surface area contributed by atoms with Gasteiger partial charge in [0.15, 0.2) is 6.61 Å². The molecular formula is C10H10ClF2NO4. The third-order valence-electron chi connectivity index (χ3n) is 2.34. The van der Waals surface area contributed by atoms with Crippen LogP contribution in [0.4, 0.5) is 13.6 Å². The molecule has 3 N–H and O–H groups in total. The summed E-state index contributed by atoms with van der Waals surface area (Å²) in [5.74, 6) is -4.04. The van der Waals surface area contributed by atoms with Gasteiger partial charge >= 0.3 is 12.0 Å². The molecule has 5 nitrogen and oxygen atoms in total. The van der Waals surface area contributed by atoms with Crippen molar-refractivity contribution < 1.29 is 28.5 Å². The molecule has 0 radical (unpaired) electrons. The van der Waals surface area contributed by atoms with E-state index in [1.54, 1.807) is 0 Å². The first-order valence-electron chi connectivity index (χ1n) is 4.72. The summed E-state index contributed by atoms with van der Waals surface area (Å²) in [5, 5.41) is 20.4. The average molecular weight is 282 g/mol. The zero-order valence-electron chi connectivity index (χ0n) is 8.89. The van der Waals surface area contributed by atoms with E-state index in [9.17, 15) is 23.8 Å². The Morgan fingerprint density at radius 3 is 2.39 bits per heavy atom. The number of amides is 1. The zero-order chi connectivity index (χ0) is 12.6. The number of hydrogen-bond donors (Lipinski definition) is 3. The van der Waals surface area contributed by atoms with Crippen LogP contribution in [0.25, 0.3) is 0 Å². The summed E-state index contributed by atoms with van der Waals surface area (Å²) in [7, 11) is 0. The molecule has 0 spiro atoms. The Balaban J connectivity index is 0.00000162. The summed E-state index contributed by atoms with van der Waals surface area (Å²) in [6.45, 7) is -1.04. The van der Waals surface area contributed by atoms with Gasteiger partial charge in [0.2, 0.25) is 0 Å². The Kier molecular flexibility index (Phi) is 3.85. The van der Waals surface area contributed by atoms with Crippen molar-refractivity contribution in [3.05, 3.63) is 23.8 Å². The fraction of sp³-hybridized carbons (Fsp3) is 0.300. The number of aromatic hydroxyl groups is 2. The summed E-state index contributed by atoms with van der Waals surface area (Å²) in [6.07, 6.45) is -0.969. The number of phenolic OH excluding ortho intramolecular Hbond substituents is 2. The molecule has 0 bridgehead atoms. The molecule has 0 saturated carbocycles. The maximum Gasteiger partial charge on any atom is 0.408 e. The highest BCUT2D eigenvalue weighted by atomic mass is 35.5. The lowest BCUT2D eigenvalue weighted by atomic mass is 9.99. The van der Waals surface area contributed by atoms with Crippen LogP contribution in [0.1, 0.15) is 11.6 Å². The topological polar surface area (TPSA) is 78.8 Å². The molecule has 0 unspecified atom stereocenters. The Bertz CT molecular complexity index is 449. The fourth-order valence-electron chi connectivity index (χ4n) is 1.62. The highest BCUT2D eigenvalue weighted by molar-refractivity contribution is 5.85. The maximum absolute atomic E-state index is 13.5. The SMILES string of the molecule is Cl.O=C1N[C@H](c2cc(O)cc(O)c2)C(F)(F)CO1. The van der Waals surface area contributed by atoms with Crippen LogP contribution in [0.15, 0.2) is 18.2 Å². The first-order valence-corrected chi connectivity index (χ1v) is 4.72. The van der Waals surface area contributed by atoms with Crippen LogP contribution in [0, 0.1) is 0 Å². The second-order valence-electron chi connectivity index (χ2n) is 3.70. The molecule has 1 aliphatic rings. The van der Waals surface area contributed by atoms with Gasteiger partial charge in [-0.2, -0.15) is 0 Å². The van der Waals surface area contributed by atoms with Crippen molar-refractivity contribution in [2.75, 3.05) is 6.61 Å². The van der Waals surface area contributed by atoms with Crippen molar-refractivity contribution in [1.82, 2.24) is 5.32 Å². The third-order valence-corrected chi connectivity index (χ3v) is 2.34. The zero-order valence-corrected chi connectivity index (χ0v) is 9.71. The number of carbonyl (C=O) groups excluding carboxylic acids is 1. The van der Waals surface area contributed by atoms with Crippen LogP contribution < -0.4 is 5.32 Å². The Morgan fingerprint density at radius 1 is 1.28 bits per heavy atom. The predicted molar refractivity (Wildman–Crippen MR) is 59.2 cm³/mol. The van der Waals surface area contributed by atoms with Crippen molar-refractivity contribution in [1.29, 1.82) is 0 Å². The molecule has 0 aliphatic carbocycles. The number of nitrogens with one attached hydrogen (secondary N) is 1. The van der Waals surface area contributed by atoms with Crippen molar-refractivity contribution in [3.63, 3.8) is 0 Å². The lowest BCUT2D eigenvalue weighted by molar-refractivity contribution is -0.104. The molecule has 1 saturated heterocycles. The molecule has 1 aromatic rings. The van der Waals surface area contributed by atoms with E-state index < -0.39 is 24.7 Å². The number of halogens is 3. The number of phenols is 2. The molecule has 8 heteroatoms. The highest BCUT2D eigenvalue weighted by Crippen LogP contribution is 2.36. The molecule has 2 rings (SSSR count). The second kappa shape index (κ2) is 4.85. The van der Waals surface area contributed by atoms with Crippen molar-refractivity contribution in [3.8, 4) is 11.5 Å². The number of ether oxygens (including phenoxy) is 1. The van der Waals surface area contributed by atoms with Gasteiger partial charge in [-0.3, -0.25) is 0 Å². The fourth-order valence-corrected chi connectivity index (χ4v) is 1.62. The number of alkyl carbamates (subject to hydrolysis) is 1. The maximum atomic E-state index is 13.5. The van der Waals surface area contributed by atoms with Gasteiger partial charge in [-0.05, 0) is 17.7 Å². The normalized spacial score (nSPS) is 21.4. The number of hydrogen-bond acceptors (Lipinski definition) is 4. The lowest BCUT2D eigenvalue weighted by Gasteiger charge is -2.31. The van der Waals surface area contributed by atoms with Crippen LogP contribution in [0.5, 0.6) is 11.5 Å². The minimum absolute atomic E-state index is 0. The summed E-state index contributed by atoms with van der Waals surface area (Å²) in [5.41, 5.74) is -0.0934. The summed E-state index contributed by atoms with van der Waals surface area (Å²) in [4.78, 5) is 10.9. The van der Waals surface area contributed by atoms with Crippen molar-refractivity contribution >= 4 is 18.5 Å². The quantitative estimate of drug-likeness (QED) is 0.735. The van der Waals surface area contributed by atoms with E-state index in [2.05, 4.69) is 4.74 Å². The first kappa shape index (κ1) is 14.3. The summed E-state index contributed by atoms with van der Waals surface area (Å²) >= 11 is 0. The molecule has 0 aromatic heterocycles. The Morgan fingerprint density at radius 2 is 1.83 bits per heavy atom. The van der Waals surface area contributed by atoms with Crippen LogP contribution in [0.2, 0.25) is 0 Å². The number of rotatable bonds is 1. The summed E-state index contributed by atoms with van der Waals surface area (Å²) < 4.78 is 31.2. The van der Waals surface area contributed by atoms with Crippen molar-refractivity contribution in [2.24, 2.45) is 0 Å². The van der Waals surface area contributed by atoms with E-state index in [1.807, 2.05) is 5.32 Å². The van der Waals surface area contributed by atoms with Crippen LogP contribution in [-0.4, -0.2) is 28.8 Å². The second-order valence-corrected chi connectivity index (χ2v) is 3.70. The minimum atomic E-state index is -3.31. The average Bonchev–Trinajstić information content (AvgIpc) is 2.20. The van der Waals surface area contributed by atoms with E-state index in [1.165, 1.54) is 0 Å². The van der Waals surface area contributed by atoms with Crippen LogP contribution >= 0.6 is 12.4 Å². The van der Waals surface area contributed by atoms with Crippen LogP contribution in [-0.2, 0) is 4.74 Å². The number of carbonyl (C=O) groups is 1. The molecular weight excluding hydrogens is 272 g/mol. The Labute approximate surface area is 107 Å². The molecule has 100 valence electrons. The third kappa shape index (κ3) is 2.73. The van der Waals surface area contributed by atoms with Gasteiger partial charge in [0, 0.05) is 6.07 Å². The van der Waals surface area contributed by atoms with Gasteiger partial charge in [-0.1, -0.05) is 0 Å². The number of benzene rings is 1. The number of alkyl halides is 2. The lowest BCUT2D eigenvalue weighted by Crippen LogP contribution is -2.49. The van der Waals surface area contributed by atoms with E-state index in [-0.39, 0.29) is 29.5 Å². The van der Waals surface area contributed by atoms with Gasteiger partial charge in [-0.25, -0.2) is 13.6 Å².